The number of hydrogen-bond donors (Lipinski definition) is 1. The molecule has 1 amide bonds. The average Bonchev–Trinajstić information content (AvgIpc) is 3.21. The molecular formula is C18H20N4O2S2. The smallest absolute Gasteiger partial charge is 0.257 e. The van der Waals surface area contributed by atoms with E-state index >= 15 is 0 Å². The zero-order chi connectivity index (χ0) is 18.5. The molecule has 6 nitrogen and oxygen atoms in total. The van der Waals surface area contributed by atoms with E-state index in [2.05, 4.69) is 34.3 Å². The van der Waals surface area contributed by atoms with Crippen molar-refractivity contribution in [2.45, 2.75) is 33.8 Å². The Morgan fingerprint density at radius 3 is 2.88 bits per heavy atom. The molecule has 3 rings (SSSR count). The number of anilines is 1. The molecule has 0 atom stereocenters. The summed E-state index contributed by atoms with van der Waals surface area (Å²) in [5.74, 6) is 0.898. The van der Waals surface area contributed by atoms with Gasteiger partial charge in [0.25, 0.3) is 5.91 Å². The van der Waals surface area contributed by atoms with Gasteiger partial charge in [-0.05, 0) is 31.0 Å². The van der Waals surface area contributed by atoms with Gasteiger partial charge in [-0.3, -0.25) is 10.1 Å². The van der Waals surface area contributed by atoms with Crippen molar-refractivity contribution in [2.75, 3.05) is 5.32 Å². The van der Waals surface area contributed by atoms with E-state index in [9.17, 15) is 4.79 Å². The first kappa shape index (κ1) is 18.5. The second-order valence-corrected chi connectivity index (χ2v) is 8.35. The molecular weight excluding hydrogens is 368 g/mol. The van der Waals surface area contributed by atoms with Crippen LogP contribution in [0.15, 0.2) is 29.6 Å². The number of aromatic nitrogens is 3. The number of carbonyl (C=O) groups excluding carboxylic acids is 1. The molecule has 0 saturated heterocycles. The first-order chi connectivity index (χ1) is 12.5. The molecule has 0 aliphatic heterocycles. The van der Waals surface area contributed by atoms with Gasteiger partial charge in [-0.25, -0.2) is 4.98 Å². The lowest BCUT2D eigenvalue weighted by atomic mass is 10.1. The van der Waals surface area contributed by atoms with E-state index in [1.165, 1.54) is 11.3 Å². The molecule has 0 bridgehead atoms. The predicted molar refractivity (Wildman–Crippen MR) is 104 cm³/mol. The third-order valence-corrected chi connectivity index (χ3v) is 5.10. The SMILES string of the molecule is Cc1nc(COc2cccc(C(=O)Nc3nnc(CC(C)C)s3)c2)cs1. The second-order valence-electron chi connectivity index (χ2n) is 6.23. The molecule has 136 valence electrons. The standard InChI is InChI=1S/C18H20N4O2S2/c1-11(2)7-16-21-22-18(26-16)20-17(23)13-5-4-6-15(8-13)24-9-14-10-25-12(3)19-14/h4-6,8,10-11H,7,9H2,1-3H3,(H,20,22,23). The number of nitrogens with zero attached hydrogens (tertiary/aromatic N) is 3. The molecule has 3 aromatic rings. The summed E-state index contributed by atoms with van der Waals surface area (Å²) in [4.78, 5) is 16.8. The normalized spacial score (nSPS) is 10.9. The van der Waals surface area contributed by atoms with Gasteiger partial charge in [-0.1, -0.05) is 31.3 Å². The van der Waals surface area contributed by atoms with Gasteiger partial charge >= 0.3 is 0 Å². The molecule has 0 fully saturated rings. The minimum Gasteiger partial charge on any atom is -0.487 e. The highest BCUT2D eigenvalue weighted by Crippen LogP contribution is 2.21. The monoisotopic (exact) mass is 388 g/mol. The maximum absolute atomic E-state index is 12.4. The van der Waals surface area contributed by atoms with Gasteiger partial charge in [0.15, 0.2) is 0 Å². The van der Waals surface area contributed by atoms with Crippen LogP contribution in [0.3, 0.4) is 0 Å². The zero-order valence-electron chi connectivity index (χ0n) is 14.9. The number of benzene rings is 1. The summed E-state index contributed by atoms with van der Waals surface area (Å²) in [6.45, 7) is 6.58. The van der Waals surface area contributed by atoms with Crippen molar-refractivity contribution in [3.05, 3.63) is 50.9 Å². The van der Waals surface area contributed by atoms with Crippen LogP contribution in [0.4, 0.5) is 5.13 Å². The maximum Gasteiger partial charge on any atom is 0.257 e. The Hall–Kier alpha value is -2.32. The van der Waals surface area contributed by atoms with Gasteiger partial charge in [0.1, 0.15) is 17.4 Å². The molecule has 0 aliphatic rings. The van der Waals surface area contributed by atoms with Crippen LogP contribution in [-0.4, -0.2) is 21.1 Å². The Morgan fingerprint density at radius 2 is 2.15 bits per heavy atom. The number of aryl methyl sites for hydroxylation is 1. The van der Waals surface area contributed by atoms with Crippen molar-refractivity contribution >= 4 is 33.7 Å². The number of ether oxygens (including phenoxy) is 1. The Kier molecular flexibility index (Phi) is 5.95. The van der Waals surface area contributed by atoms with Crippen LogP contribution in [0, 0.1) is 12.8 Å². The summed E-state index contributed by atoms with van der Waals surface area (Å²) in [6, 6.07) is 7.07. The van der Waals surface area contributed by atoms with Crippen LogP contribution < -0.4 is 10.1 Å². The Morgan fingerprint density at radius 1 is 1.31 bits per heavy atom. The van der Waals surface area contributed by atoms with Crippen LogP contribution in [0.5, 0.6) is 5.75 Å². The van der Waals surface area contributed by atoms with Crippen molar-refractivity contribution in [3.63, 3.8) is 0 Å². The summed E-state index contributed by atoms with van der Waals surface area (Å²) in [6.07, 6.45) is 0.854. The fraction of sp³-hybridized carbons (Fsp3) is 0.333. The highest BCUT2D eigenvalue weighted by molar-refractivity contribution is 7.15. The lowest BCUT2D eigenvalue weighted by molar-refractivity contribution is 0.102. The van der Waals surface area contributed by atoms with E-state index in [0.29, 0.717) is 29.0 Å². The Labute approximate surface area is 160 Å². The quantitative estimate of drug-likeness (QED) is 0.652. The fourth-order valence-corrected chi connectivity index (χ4v) is 3.81. The van der Waals surface area contributed by atoms with Crippen molar-refractivity contribution < 1.29 is 9.53 Å². The van der Waals surface area contributed by atoms with Crippen molar-refractivity contribution in [1.82, 2.24) is 15.2 Å². The minimum atomic E-state index is -0.229. The molecule has 0 unspecified atom stereocenters. The minimum absolute atomic E-state index is 0.229. The zero-order valence-corrected chi connectivity index (χ0v) is 16.5. The van der Waals surface area contributed by atoms with Crippen molar-refractivity contribution in [2.24, 2.45) is 5.92 Å². The number of amides is 1. The molecule has 0 saturated carbocycles. The third kappa shape index (κ3) is 5.09. The van der Waals surface area contributed by atoms with Crippen LogP contribution in [-0.2, 0) is 13.0 Å². The average molecular weight is 389 g/mol. The number of nitrogens with one attached hydrogen (secondary N) is 1. The summed E-state index contributed by atoms with van der Waals surface area (Å²) in [5.41, 5.74) is 1.39. The van der Waals surface area contributed by atoms with Crippen molar-refractivity contribution in [3.8, 4) is 5.75 Å². The van der Waals surface area contributed by atoms with Gasteiger partial charge in [-0.2, -0.15) is 0 Å². The largest absolute Gasteiger partial charge is 0.487 e. The number of carbonyl (C=O) groups is 1. The maximum atomic E-state index is 12.4. The van der Waals surface area contributed by atoms with Gasteiger partial charge in [0, 0.05) is 17.4 Å². The Balaban J connectivity index is 1.61. The summed E-state index contributed by atoms with van der Waals surface area (Å²) in [5, 5.41) is 15.3. The molecule has 0 spiro atoms. The second kappa shape index (κ2) is 8.37. The molecule has 2 heterocycles. The molecule has 8 heteroatoms. The van der Waals surface area contributed by atoms with Gasteiger partial charge in [0.2, 0.25) is 5.13 Å². The molecule has 0 radical (unpaired) electrons. The van der Waals surface area contributed by atoms with E-state index in [0.717, 1.165) is 22.1 Å². The highest BCUT2D eigenvalue weighted by atomic mass is 32.1. The van der Waals surface area contributed by atoms with Crippen molar-refractivity contribution in [1.29, 1.82) is 0 Å². The molecule has 26 heavy (non-hydrogen) atoms. The van der Waals surface area contributed by atoms with E-state index in [4.69, 9.17) is 4.74 Å². The Bertz CT molecular complexity index is 889. The van der Waals surface area contributed by atoms with Crippen LogP contribution in [0.25, 0.3) is 0 Å². The van der Waals surface area contributed by atoms with Crippen LogP contribution in [0.2, 0.25) is 0 Å². The predicted octanol–water partition coefficient (Wildman–Crippen LogP) is 4.33. The summed E-state index contributed by atoms with van der Waals surface area (Å²) in [7, 11) is 0. The number of thiazole rings is 1. The van der Waals surface area contributed by atoms with Gasteiger partial charge < -0.3 is 4.74 Å². The summed E-state index contributed by atoms with van der Waals surface area (Å²) < 4.78 is 5.73. The molecule has 1 aromatic carbocycles. The third-order valence-electron chi connectivity index (χ3n) is 3.42. The fourth-order valence-electron chi connectivity index (χ4n) is 2.26. The molecule has 2 aromatic heterocycles. The van der Waals surface area contributed by atoms with E-state index < -0.39 is 0 Å². The van der Waals surface area contributed by atoms with Crippen LogP contribution >= 0.6 is 22.7 Å². The van der Waals surface area contributed by atoms with Crippen LogP contribution in [0.1, 0.15) is 39.9 Å². The lowest BCUT2D eigenvalue weighted by Crippen LogP contribution is -2.11. The highest BCUT2D eigenvalue weighted by Gasteiger charge is 2.12. The van der Waals surface area contributed by atoms with E-state index in [1.54, 1.807) is 29.5 Å². The lowest BCUT2D eigenvalue weighted by Gasteiger charge is -2.06. The first-order valence-electron chi connectivity index (χ1n) is 8.27. The molecule has 1 N–H and O–H groups in total. The van der Waals surface area contributed by atoms with Gasteiger partial charge in [-0.15, -0.1) is 21.5 Å². The van der Waals surface area contributed by atoms with E-state index in [1.807, 2.05) is 18.4 Å². The van der Waals surface area contributed by atoms with E-state index in [-0.39, 0.29) is 5.91 Å². The molecule has 0 aliphatic carbocycles. The first-order valence-corrected chi connectivity index (χ1v) is 9.97. The number of hydrogen-bond acceptors (Lipinski definition) is 7. The number of rotatable bonds is 7. The van der Waals surface area contributed by atoms with Gasteiger partial charge in [0.05, 0.1) is 10.7 Å². The topological polar surface area (TPSA) is 77.0 Å². The summed E-state index contributed by atoms with van der Waals surface area (Å²) >= 11 is 2.99.